The normalized spacial score (nSPS) is 15.2. The minimum atomic E-state index is -0.0439. The first kappa shape index (κ1) is 16.5. The number of nitrogens with zero attached hydrogens (tertiary/aromatic N) is 2. The molecule has 0 unspecified atom stereocenters. The fraction of sp³-hybridized carbons (Fsp3) is 0.500. The molecule has 6 nitrogen and oxygen atoms in total. The molecule has 1 fully saturated rings. The molecule has 1 aliphatic rings. The fourth-order valence-corrected chi connectivity index (χ4v) is 3.32. The van der Waals surface area contributed by atoms with Crippen LogP contribution in [0.2, 0.25) is 0 Å². The van der Waals surface area contributed by atoms with E-state index in [4.69, 9.17) is 0 Å². The van der Waals surface area contributed by atoms with Gasteiger partial charge in [0, 0.05) is 37.1 Å². The van der Waals surface area contributed by atoms with E-state index >= 15 is 0 Å². The highest BCUT2D eigenvalue weighted by Gasteiger charge is 2.23. The monoisotopic (exact) mass is 327 g/mol. The van der Waals surface area contributed by atoms with Gasteiger partial charge in [0.2, 0.25) is 0 Å². The van der Waals surface area contributed by atoms with Crippen LogP contribution in [0.3, 0.4) is 0 Å². The molecule has 1 amide bonds. The predicted molar refractivity (Wildman–Crippen MR) is 94.2 cm³/mol. The van der Waals surface area contributed by atoms with Crippen molar-refractivity contribution in [3.63, 3.8) is 0 Å². The lowest BCUT2D eigenvalue weighted by Gasteiger charge is -2.21. The van der Waals surface area contributed by atoms with Crippen LogP contribution in [0, 0.1) is 6.92 Å². The molecule has 128 valence electrons. The van der Waals surface area contributed by atoms with Crippen LogP contribution in [0.15, 0.2) is 24.7 Å². The molecule has 1 aliphatic carbocycles. The zero-order chi connectivity index (χ0) is 16.8. The van der Waals surface area contributed by atoms with Crippen molar-refractivity contribution in [2.24, 2.45) is 0 Å². The molecule has 0 aliphatic heterocycles. The molecule has 24 heavy (non-hydrogen) atoms. The Morgan fingerprint density at radius 1 is 1.25 bits per heavy atom. The lowest BCUT2D eigenvalue weighted by molar-refractivity contribution is 0.0953. The number of pyridine rings is 1. The quantitative estimate of drug-likeness (QED) is 0.712. The smallest absolute Gasteiger partial charge is 0.254 e. The first-order valence-corrected chi connectivity index (χ1v) is 8.71. The summed E-state index contributed by atoms with van der Waals surface area (Å²) in [5.74, 6) is 0.400. The number of H-pyrrole nitrogens is 1. The molecule has 0 aromatic carbocycles. The SMILES string of the molecule is Cc1cnccc1NCCNC(=O)c1cn[nH]c1C1CCCCC1. The number of aromatic amines is 1. The zero-order valence-electron chi connectivity index (χ0n) is 14.1. The van der Waals surface area contributed by atoms with Gasteiger partial charge < -0.3 is 10.6 Å². The number of rotatable bonds is 6. The van der Waals surface area contributed by atoms with E-state index in [9.17, 15) is 4.79 Å². The van der Waals surface area contributed by atoms with E-state index < -0.39 is 0 Å². The maximum Gasteiger partial charge on any atom is 0.254 e. The Hall–Kier alpha value is -2.37. The third-order valence-corrected chi connectivity index (χ3v) is 4.67. The largest absolute Gasteiger partial charge is 0.383 e. The Morgan fingerprint density at radius 2 is 2.08 bits per heavy atom. The fourth-order valence-electron chi connectivity index (χ4n) is 3.32. The summed E-state index contributed by atoms with van der Waals surface area (Å²) in [6.45, 7) is 3.25. The van der Waals surface area contributed by atoms with E-state index in [1.165, 1.54) is 19.3 Å². The summed E-state index contributed by atoms with van der Waals surface area (Å²) in [5.41, 5.74) is 3.84. The molecule has 0 bridgehead atoms. The molecular formula is C18H25N5O. The summed E-state index contributed by atoms with van der Waals surface area (Å²) in [4.78, 5) is 16.5. The number of nitrogens with one attached hydrogen (secondary N) is 3. The number of amides is 1. The van der Waals surface area contributed by atoms with Crippen molar-refractivity contribution in [2.45, 2.75) is 44.9 Å². The molecule has 0 radical (unpaired) electrons. The second-order valence-electron chi connectivity index (χ2n) is 6.41. The van der Waals surface area contributed by atoms with E-state index in [1.807, 2.05) is 19.2 Å². The van der Waals surface area contributed by atoms with Crippen molar-refractivity contribution < 1.29 is 4.79 Å². The van der Waals surface area contributed by atoms with Gasteiger partial charge in [0.1, 0.15) is 0 Å². The molecule has 1 saturated carbocycles. The predicted octanol–water partition coefficient (Wildman–Crippen LogP) is 3.00. The van der Waals surface area contributed by atoms with Crippen LogP contribution in [0.1, 0.15) is 59.6 Å². The molecule has 2 aromatic rings. The van der Waals surface area contributed by atoms with Crippen molar-refractivity contribution in [1.82, 2.24) is 20.5 Å². The first-order valence-electron chi connectivity index (χ1n) is 8.71. The zero-order valence-corrected chi connectivity index (χ0v) is 14.1. The van der Waals surface area contributed by atoms with Crippen LogP contribution in [0.25, 0.3) is 0 Å². The van der Waals surface area contributed by atoms with Crippen LogP contribution >= 0.6 is 0 Å². The Bertz CT molecular complexity index is 676. The minimum Gasteiger partial charge on any atom is -0.383 e. The number of hydrogen-bond donors (Lipinski definition) is 3. The van der Waals surface area contributed by atoms with Crippen LogP contribution in [0.5, 0.6) is 0 Å². The van der Waals surface area contributed by atoms with Crippen molar-refractivity contribution in [1.29, 1.82) is 0 Å². The third kappa shape index (κ3) is 3.93. The van der Waals surface area contributed by atoms with Gasteiger partial charge in [-0.2, -0.15) is 5.10 Å². The molecule has 3 N–H and O–H groups in total. The number of carbonyl (C=O) groups excluding carboxylic acids is 1. The number of aromatic nitrogens is 3. The van der Waals surface area contributed by atoms with Crippen LogP contribution < -0.4 is 10.6 Å². The van der Waals surface area contributed by atoms with E-state index in [-0.39, 0.29) is 5.91 Å². The number of aryl methyl sites for hydroxylation is 1. The lowest BCUT2D eigenvalue weighted by Crippen LogP contribution is -2.29. The van der Waals surface area contributed by atoms with Gasteiger partial charge in [0.15, 0.2) is 0 Å². The standard InChI is InChI=1S/C18H25N5O/c1-13-11-19-8-7-16(13)20-9-10-21-18(24)15-12-22-23-17(15)14-5-3-2-4-6-14/h7-8,11-12,14H,2-6,9-10H2,1H3,(H,19,20)(H,21,24)(H,22,23). The summed E-state index contributed by atoms with van der Waals surface area (Å²) in [7, 11) is 0. The van der Waals surface area contributed by atoms with Crippen molar-refractivity contribution in [2.75, 3.05) is 18.4 Å². The summed E-state index contributed by atoms with van der Waals surface area (Å²) in [6.07, 6.45) is 11.3. The van der Waals surface area contributed by atoms with E-state index in [0.29, 0.717) is 24.6 Å². The van der Waals surface area contributed by atoms with Gasteiger partial charge in [-0.05, 0) is 31.4 Å². The summed E-state index contributed by atoms with van der Waals surface area (Å²) >= 11 is 0. The summed E-state index contributed by atoms with van der Waals surface area (Å²) in [5, 5.41) is 13.4. The summed E-state index contributed by atoms with van der Waals surface area (Å²) in [6, 6.07) is 1.94. The Labute approximate surface area is 142 Å². The second-order valence-corrected chi connectivity index (χ2v) is 6.41. The van der Waals surface area contributed by atoms with Gasteiger partial charge in [-0.25, -0.2) is 0 Å². The molecule has 0 saturated heterocycles. The highest BCUT2D eigenvalue weighted by molar-refractivity contribution is 5.95. The highest BCUT2D eigenvalue weighted by Crippen LogP contribution is 2.33. The maximum absolute atomic E-state index is 12.4. The molecule has 0 spiro atoms. The second kappa shape index (κ2) is 7.95. The van der Waals surface area contributed by atoms with Crippen molar-refractivity contribution in [3.05, 3.63) is 41.5 Å². The Balaban J connectivity index is 1.51. The number of hydrogen-bond acceptors (Lipinski definition) is 4. The van der Waals surface area contributed by atoms with Gasteiger partial charge in [-0.3, -0.25) is 14.9 Å². The first-order chi connectivity index (χ1) is 11.8. The molecule has 2 aromatic heterocycles. The van der Waals surface area contributed by atoms with E-state index in [2.05, 4.69) is 25.8 Å². The van der Waals surface area contributed by atoms with Gasteiger partial charge >= 0.3 is 0 Å². The maximum atomic E-state index is 12.4. The lowest BCUT2D eigenvalue weighted by atomic mass is 9.85. The van der Waals surface area contributed by atoms with E-state index in [1.54, 1.807) is 12.4 Å². The minimum absolute atomic E-state index is 0.0439. The van der Waals surface area contributed by atoms with Gasteiger partial charge in [-0.15, -0.1) is 0 Å². The molecule has 6 heteroatoms. The Kier molecular flexibility index (Phi) is 5.46. The van der Waals surface area contributed by atoms with Crippen molar-refractivity contribution >= 4 is 11.6 Å². The van der Waals surface area contributed by atoms with Crippen LogP contribution in [0.4, 0.5) is 5.69 Å². The third-order valence-electron chi connectivity index (χ3n) is 4.67. The molecule has 2 heterocycles. The van der Waals surface area contributed by atoms with Gasteiger partial charge in [0.25, 0.3) is 5.91 Å². The average Bonchev–Trinajstić information content (AvgIpc) is 3.10. The van der Waals surface area contributed by atoms with Crippen LogP contribution in [-0.4, -0.2) is 34.2 Å². The average molecular weight is 327 g/mol. The topological polar surface area (TPSA) is 82.7 Å². The highest BCUT2D eigenvalue weighted by atomic mass is 16.1. The van der Waals surface area contributed by atoms with Crippen LogP contribution in [-0.2, 0) is 0 Å². The van der Waals surface area contributed by atoms with E-state index in [0.717, 1.165) is 29.8 Å². The summed E-state index contributed by atoms with van der Waals surface area (Å²) < 4.78 is 0. The molecule has 3 rings (SSSR count). The van der Waals surface area contributed by atoms with Gasteiger partial charge in [0.05, 0.1) is 17.5 Å². The molecule has 0 atom stereocenters. The molecular weight excluding hydrogens is 302 g/mol. The number of anilines is 1. The Morgan fingerprint density at radius 3 is 2.88 bits per heavy atom. The van der Waals surface area contributed by atoms with Gasteiger partial charge in [-0.1, -0.05) is 19.3 Å². The number of carbonyl (C=O) groups is 1. The van der Waals surface area contributed by atoms with Crippen molar-refractivity contribution in [3.8, 4) is 0 Å².